The summed E-state index contributed by atoms with van der Waals surface area (Å²) in [6.45, 7) is -0.000217. The lowest BCUT2D eigenvalue weighted by atomic mass is 10.1. The maximum Gasteiger partial charge on any atom is 0.269 e. The summed E-state index contributed by atoms with van der Waals surface area (Å²) >= 11 is 0. The van der Waals surface area contributed by atoms with Crippen molar-refractivity contribution in [3.63, 3.8) is 0 Å². The Balaban J connectivity index is 1.85. The molecule has 28 heavy (non-hydrogen) atoms. The SMILES string of the molecule is N#CC(C#N)=Cc1cn(CC(=O)Nc2ccc([N+](=O)[O-])cc2)c2ccccc12. The zero-order chi connectivity index (χ0) is 20.1. The van der Waals surface area contributed by atoms with Gasteiger partial charge in [0.2, 0.25) is 5.91 Å². The fourth-order valence-electron chi connectivity index (χ4n) is 2.79. The maximum atomic E-state index is 12.4. The molecule has 1 N–H and O–H groups in total. The van der Waals surface area contributed by atoms with Crippen LogP contribution in [0.15, 0.2) is 60.3 Å². The lowest BCUT2D eigenvalue weighted by Gasteiger charge is -2.07. The van der Waals surface area contributed by atoms with Gasteiger partial charge in [-0.25, -0.2) is 0 Å². The molecule has 0 atom stereocenters. The number of carbonyl (C=O) groups is 1. The van der Waals surface area contributed by atoms with Gasteiger partial charge in [0.15, 0.2) is 0 Å². The van der Waals surface area contributed by atoms with Crippen LogP contribution in [0.1, 0.15) is 5.56 Å². The lowest BCUT2D eigenvalue weighted by molar-refractivity contribution is -0.384. The number of nitro groups is 1. The number of amides is 1. The summed E-state index contributed by atoms with van der Waals surface area (Å²) < 4.78 is 1.72. The second kappa shape index (κ2) is 7.85. The number of para-hydroxylation sites is 1. The van der Waals surface area contributed by atoms with Crippen LogP contribution in [0.2, 0.25) is 0 Å². The Kier molecular flexibility index (Phi) is 5.15. The molecule has 0 bridgehead atoms. The van der Waals surface area contributed by atoms with Gasteiger partial charge in [0.05, 0.1) is 4.92 Å². The van der Waals surface area contributed by atoms with E-state index in [9.17, 15) is 14.9 Å². The number of rotatable bonds is 5. The standard InChI is InChI=1S/C20H13N5O3/c21-10-14(11-22)9-15-12-24(19-4-2-1-3-18(15)19)13-20(26)23-16-5-7-17(8-6-16)25(27)28/h1-9,12H,13H2,(H,23,26). The molecule has 2 aromatic carbocycles. The summed E-state index contributed by atoms with van der Waals surface area (Å²) in [6.07, 6.45) is 3.18. The van der Waals surface area contributed by atoms with Gasteiger partial charge < -0.3 is 9.88 Å². The van der Waals surface area contributed by atoms with Gasteiger partial charge in [0.25, 0.3) is 5.69 Å². The molecule has 3 aromatic rings. The Bertz CT molecular complexity index is 1160. The number of nitriles is 2. The van der Waals surface area contributed by atoms with Crippen LogP contribution >= 0.6 is 0 Å². The number of hydrogen-bond acceptors (Lipinski definition) is 5. The van der Waals surface area contributed by atoms with E-state index < -0.39 is 4.92 Å². The van der Waals surface area contributed by atoms with Crippen molar-refractivity contribution < 1.29 is 9.72 Å². The highest BCUT2D eigenvalue weighted by atomic mass is 16.6. The summed E-state index contributed by atoms with van der Waals surface area (Å²) in [6, 6.07) is 16.5. The summed E-state index contributed by atoms with van der Waals surface area (Å²) in [5.41, 5.74) is 1.80. The van der Waals surface area contributed by atoms with Crippen LogP contribution in [-0.2, 0) is 11.3 Å². The highest BCUT2D eigenvalue weighted by molar-refractivity contribution is 5.94. The van der Waals surface area contributed by atoms with Crippen molar-refractivity contribution in [3.05, 3.63) is 76.0 Å². The van der Waals surface area contributed by atoms with Crippen LogP contribution in [0.5, 0.6) is 0 Å². The van der Waals surface area contributed by atoms with E-state index in [1.165, 1.54) is 30.3 Å². The molecule has 1 aromatic heterocycles. The minimum absolute atomic E-state index is 0.000217. The van der Waals surface area contributed by atoms with Gasteiger partial charge in [-0.05, 0) is 24.3 Å². The number of nitrogens with one attached hydrogen (secondary N) is 1. The molecule has 0 spiro atoms. The van der Waals surface area contributed by atoms with Gasteiger partial charge in [0, 0.05) is 40.5 Å². The average Bonchev–Trinajstić information content (AvgIpc) is 3.03. The lowest BCUT2D eigenvalue weighted by Crippen LogP contribution is -2.18. The Morgan fingerprint density at radius 1 is 1.14 bits per heavy atom. The maximum absolute atomic E-state index is 12.4. The summed E-state index contributed by atoms with van der Waals surface area (Å²) in [4.78, 5) is 22.6. The van der Waals surface area contributed by atoms with E-state index in [1.54, 1.807) is 10.8 Å². The number of carbonyl (C=O) groups excluding carboxylic acids is 1. The van der Waals surface area contributed by atoms with Crippen molar-refractivity contribution in [2.45, 2.75) is 6.54 Å². The molecule has 8 nitrogen and oxygen atoms in total. The summed E-state index contributed by atoms with van der Waals surface area (Å²) in [5, 5.41) is 32.1. The van der Waals surface area contributed by atoms with Gasteiger partial charge in [-0.2, -0.15) is 10.5 Å². The molecule has 0 aliphatic rings. The van der Waals surface area contributed by atoms with E-state index in [2.05, 4.69) is 5.32 Å². The van der Waals surface area contributed by atoms with Crippen LogP contribution in [-0.4, -0.2) is 15.4 Å². The van der Waals surface area contributed by atoms with Gasteiger partial charge in [-0.1, -0.05) is 18.2 Å². The van der Waals surface area contributed by atoms with Crippen molar-refractivity contribution in [1.29, 1.82) is 10.5 Å². The Morgan fingerprint density at radius 3 is 2.46 bits per heavy atom. The van der Waals surface area contributed by atoms with Crippen LogP contribution in [0.4, 0.5) is 11.4 Å². The minimum Gasteiger partial charge on any atom is -0.337 e. The molecule has 3 rings (SSSR count). The highest BCUT2D eigenvalue weighted by Crippen LogP contribution is 2.24. The van der Waals surface area contributed by atoms with E-state index in [0.29, 0.717) is 11.3 Å². The van der Waals surface area contributed by atoms with Crippen LogP contribution in [0, 0.1) is 32.8 Å². The number of nitro benzene ring substituents is 1. The molecule has 1 heterocycles. The van der Waals surface area contributed by atoms with Gasteiger partial charge in [-0.15, -0.1) is 0 Å². The molecule has 136 valence electrons. The van der Waals surface area contributed by atoms with Crippen LogP contribution in [0.25, 0.3) is 17.0 Å². The first-order chi connectivity index (χ1) is 13.5. The quantitative estimate of drug-likeness (QED) is 0.416. The number of aromatic nitrogens is 1. The third-order valence-corrected chi connectivity index (χ3v) is 4.04. The number of non-ortho nitro benzene ring substituents is 1. The predicted octanol–water partition coefficient (Wildman–Crippen LogP) is 3.62. The zero-order valence-electron chi connectivity index (χ0n) is 14.5. The van der Waals surface area contributed by atoms with Crippen molar-refractivity contribution in [2.24, 2.45) is 0 Å². The first kappa shape index (κ1) is 18.4. The number of fused-ring (bicyclic) bond motifs is 1. The highest BCUT2D eigenvalue weighted by Gasteiger charge is 2.11. The van der Waals surface area contributed by atoms with Crippen molar-refractivity contribution in [1.82, 2.24) is 4.57 Å². The minimum atomic E-state index is -0.511. The molecule has 0 saturated carbocycles. The Morgan fingerprint density at radius 2 is 1.82 bits per heavy atom. The first-order valence-corrected chi connectivity index (χ1v) is 8.16. The summed E-state index contributed by atoms with van der Waals surface area (Å²) in [7, 11) is 0. The third-order valence-electron chi connectivity index (χ3n) is 4.04. The van der Waals surface area contributed by atoms with Crippen LogP contribution in [0.3, 0.4) is 0 Å². The number of benzene rings is 2. The second-order valence-electron chi connectivity index (χ2n) is 5.86. The molecule has 8 heteroatoms. The molecular weight excluding hydrogens is 358 g/mol. The van der Waals surface area contributed by atoms with Gasteiger partial charge in [-0.3, -0.25) is 14.9 Å². The largest absolute Gasteiger partial charge is 0.337 e. The average molecular weight is 371 g/mol. The molecule has 0 aliphatic heterocycles. The Hall–Kier alpha value is -4.43. The fraction of sp³-hybridized carbons (Fsp3) is 0.0500. The van der Waals surface area contributed by atoms with E-state index in [4.69, 9.17) is 10.5 Å². The van der Waals surface area contributed by atoms with Crippen molar-refractivity contribution in [3.8, 4) is 12.1 Å². The topological polar surface area (TPSA) is 125 Å². The smallest absolute Gasteiger partial charge is 0.269 e. The second-order valence-corrected chi connectivity index (χ2v) is 5.86. The van der Waals surface area contributed by atoms with Crippen molar-refractivity contribution in [2.75, 3.05) is 5.32 Å². The summed E-state index contributed by atoms with van der Waals surface area (Å²) in [5.74, 6) is -0.314. The fourth-order valence-corrected chi connectivity index (χ4v) is 2.79. The normalized spacial score (nSPS) is 9.93. The third kappa shape index (κ3) is 3.87. The van der Waals surface area contributed by atoms with Gasteiger partial charge >= 0.3 is 0 Å². The molecule has 0 fully saturated rings. The number of nitrogens with zero attached hydrogens (tertiary/aromatic N) is 4. The monoisotopic (exact) mass is 371 g/mol. The number of anilines is 1. The predicted molar refractivity (Wildman–Crippen MR) is 103 cm³/mol. The van der Waals surface area contributed by atoms with Crippen molar-refractivity contribution >= 4 is 34.3 Å². The first-order valence-electron chi connectivity index (χ1n) is 8.16. The van der Waals surface area contributed by atoms with E-state index in [1.807, 2.05) is 36.4 Å². The molecule has 0 radical (unpaired) electrons. The van der Waals surface area contributed by atoms with Crippen LogP contribution < -0.4 is 5.32 Å². The van der Waals surface area contributed by atoms with E-state index in [0.717, 1.165) is 10.9 Å². The number of hydrogen-bond donors (Lipinski definition) is 1. The molecule has 0 saturated heterocycles. The van der Waals surface area contributed by atoms with E-state index >= 15 is 0 Å². The van der Waals surface area contributed by atoms with Gasteiger partial charge in [0.1, 0.15) is 24.3 Å². The zero-order valence-corrected chi connectivity index (χ0v) is 14.5. The van der Waals surface area contributed by atoms with E-state index in [-0.39, 0.29) is 23.7 Å². The molecule has 0 aliphatic carbocycles. The molecule has 1 amide bonds. The number of allylic oxidation sites excluding steroid dienone is 1. The Labute approximate surface area is 159 Å². The molecule has 0 unspecified atom stereocenters. The molecular formula is C20H13N5O3.